The number of aromatic nitrogens is 2. The molecule has 1 heterocycles. The fourth-order valence-corrected chi connectivity index (χ4v) is 2.58. The Hall–Kier alpha value is -0.900. The summed E-state index contributed by atoms with van der Waals surface area (Å²) in [7, 11) is 0. The van der Waals surface area contributed by atoms with Crippen LogP contribution >= 0.6 is 0 Å². The van der Waals surface area contributed by atoms with Crippen LogP contribution in [0.5, 0.6) is 0 Å². The van der Waals surface area contributed by atoms with Gasteiger partial charge in [0.25, 0.3) is 0 Å². The van der Waals surface area contributed by atoms with Crippen molar-refractivity contribution in [2.45, 2.75) is 64.3 Å². The van der Waals surface area contributed by atoms with Gasteiger partial charge in [-0.25, -0.2) is 0 Å². The molecule has 1 atom stereocenters. The Bertz CT molecular complexity index is 331. The smallest absolute Gasteiger partial charge is 0.226 e. The van der Waals surface area contributed by atoms with Crippen molar-refractivity contribution in [1.29, 1.82) is 0 Å². The van der Waals surface area contributed by atoms with Crippen molar-refractivity contribution in [3.63, 3.8) is 0 Å². The van der Waals surface area contributed by atoms with Crippen molar-refractivity contribution in [1.82, 2.24) is 10.1 Å². The van der Waals surface area contributed by atoms with Crippen LogP contribution in [-0.4, -0.2) is 10.1 Å². The Morgan fingerprint density at radius 2 is 2.12 bits per heavy atom. The first-order valence-electron chi connectivity index (χ1n) is 6.87. The fourth-order valence-electron chi connectivity index (χ4n) is 2.58. The topological polar surface area (TPSA) is 64.9 Å². The third kappa shape index (κ3) is 3.53. The van der Waals surface area contributed by atoms with Crippen molar-refractivity contribution in [3.8, 4) is 0 Å². The highest BCUT2D eigenvalue weighted by atomic mass is 16.5. The molecule has 1 saturated carbocycles. The summed E-state index contributed by atoms with van der Waals surface area (Å²) in [6.45, 7) is 2.11. The van der Waals surface area contributed by atoms with E-state index < -0.39 is 0 Å². The standard InChI is InChI=1S/C13H23N3O/c1-2-6-11(14)13-15-12(17-16-13)9-10-7-4-3-5-8-10/h10-11H,2-9,14H2,1H3. The Labute approximate surface area is 103 Å². The van der Waals surface area contributed by atoms with Gasteiger partial charge in [-0.3, -0.25) is 0 Å². The molecule has 0 saturated heterocycles. The highest BCUT2D eigenvalue weighted by Crippen LogP contribution is 2.26. The predicted molar refractivity (Wildman–Crippen MR) is 66.4 cm³/mol. The van der Waals surface area contributed by atoms with Crippen molar-refractivity contribution in [2.75, 3.05) is 0 Å². The molecule has 2 rings (SSSR count). The van der Waals surface area contributed by atoms with Gasteiger partial charge in [-0.05, 0) is 25.2 Å². The number of hydrogen-bond acceptors (Lipinski definition) is 4. The Kier molecular flexibility index (Phi) is 4.54. The highest BCUT2D eigenvalue weighted by Gasteiger charge is 2.19. The predicted octanol–water partition coefficient (Wildman–Crippen LogP) is 2.99. The molecule has 0 aromatic carbocycles. The van der Waals surface area contributed by atoms with Gasteiger partial charge in [0.05, 0.1) is 6.04 Å². The summed E-state index contributed by atoms with van der Waals surface area (Å²) in [6.07, 6.45) is 9.59. The lowest BCUT2D eigenvalue weighted by molar-refractivity contribution is 0.303. The lowest BCUT2D eigenvalue weighted by Crippen LogP contribution is -2.12. The Balaban J connectivity index is 1.88. The minimum absolute atomic E-state index is 0.0659. The van der Waals surface area contributed by atoms with Crippen LogP contribution in [0, 0.1) is 5.92 Å². The van der Waals surface area contributed by atoms with Gasteiger partial charge < -0.3 is 10.3 Å². The van der Waals surface area contributed by atoms with Crippen LogP contribution in [0.4, 0.5) is 0 Å². The summed E-state index contributed by atoms with van der Waals surface area (Å²) in [5.41, 5.74) is 5.97. The zero-order valence-corrected chi connectivity index (χ0v) is 10.7. The van der Waals surface area contributed by atoms with Crippen LogP contribution in [0.15, 0.2) is 4.52 Å². The van der Waals surface area contributed by atoms with Crippen LogP contribution < -0.4 is 5.73 Å². The molecule has 2 N–H and O–H groups in total. The lowest BCUT2D eigenvalue weighted by Gasteiger charge is -2.19. The molecule has 1 unspecified atom stereocenters. The average molecular weight is 237 g/mol. The molecule has 1 aliphatic rings. The second kappa shape index (κ2) is 6.15. The van der Waals surface area contributed by atoms with Crippen molar-refractivity contribution in [3.05, 3.63) is 11.7 Å². The van der Waals surface area contributed by atoms with Gasteiger partial charge >= 0.3 is 0 Å². The second-order valence-electron chi connectivity index (χ2n) is 5.15. The van der Waals surface area contributed by atoms with E-state index >= 15 is 0 Å². The van der Waals surface area contributed by atoms with Gasteiger partial charge in [0.2, 0.25) is 5.89 Å². The molecule has 0 radical (unpaired) electrons. The lowest BCUT2D eigenvalue weighted by atomic mass is 9.87. The summed E-state index contributed by atoms with van der Waals surface area (Å²) in [5.74, 6) is 2.19. The van der Waals surface area contributed by atoms with Crippen molar-refractivity contribution < 1.29 is 4.52 Å². The van der Waals surface area contributed by atoms with Gasteiger partial charge in [-0.1, -0.05) is 37.8 Å². The van der Waals surface area contributed by atoms with E-state index in [1.54, 1.807) is 0 Å². The molecular formula is C13H23N3O. The Morgan fingerprint density at radius 3 is 2.82 bits per heavy atom. The first kappa shape index (κ1) is 12.6. The second-order valence-corrected chi connectivity index (χ2v) is 5.15. The number of nitrogens with two attached hydrogens (primary N) is 1. The monoisotopic (exact) mass is 237 g/mol. The normalized spacial score (nSPS) is 19.4. The quantitative estimate of drug-likeness (QED) is 0.855. The molecule has 0 amide bonds. The van der Waals surface area contributed by atoms with Gasteiger partial charge in [0, 0.05) is 6.42 Å². The molecule has 0 aliphatic heterocycles. The molecule has 1 aliphatic carbocycles. The van der Waals surface area contributed by atoms with E-state index in [0.29, 0.717) is 5.82 Å². The molecule has 0 bridgehead atoms. The van der Waals surface area contributed by atoms with Crippen LogP contribution in [0.25, 0.3) is 0 Å². The largest absolute Gasteiger partial charge is 0.339 e. The maximum Gasteiger partial charge on any atom is 0.226 e. The van der Waals surface area contributed by atoms with Gasteiger partial charge in [-0.15, -0.1) is 0 Å². The molecule has 0 spiro atoms. The molecule has 17 heavy (non-hydrogen) atoms. The third-order valence-electron chi connectivity index (χ3n) is 3.60. The maximum absolute atomic E-state index is 5.97. The van der Waals surface area contributed by atoms with E-state index in [0.717, 1.165) is 31.1 Å². The molecule has 1 aromatic heterocycles. The van der Waals surface area contributed by atoms with E-state index in [1.165, 1.54) is 32.1 Å². The molecule has 1 aromatic rings. The first-order chi connectivity index (χ1) is 8.29. The summed E-state index contributed by atoms with van der Waals surface area (Å²) in [5, 5.41) is 3.99. The maximum atomic E-state index is 5.97. The molecular weight excluding hydrogens is 214 g/mol. The summed E-state index contributed by atoms with van der Waals surface area (Å²) in [4.78, 5) is 4.42. The van der Waals surface area contributed by atoms with E-state index in [9.17, 15) is 0 Å². The van der Waals surface area contributed by atoms with Crippen LogP contribution in [0.3, 0.4) is 0 Å². The minimum atomic E-state index is -0.0659. The van der Waals surface area contributed by atoms with E-state index in [2.05, 4.69) is 17.1 Å². The van der Waals surface area contributed by atoms with Crippen molar-refractivity contribution >= 4 is 0 Å². The summed E-state index contributed by atoms with van der Waals surface area (Å²) < 4.78 is 5.29. The molecule has 4 heteroatoms. The number of rotatable bonds is 5. The van der Waals surface area contributed by atoms with Crippen LogP contribution in [-0.2, 0) is 6.42 Å². The number of hydrogen-bond donors (Lipinski definition) is 1. The summed E-state index contributed by atoms with van der Waals surface area (Å²) >= 11 is 0. The SMILES string of the molecule is CCCC(N)c1noc(CC2CCCCC2)n1. The molecule has 4 nitrogen and oxygen atoms in total. The number of nitrogens with zero attached hydrogens (tertiary/aromatic N) is 2. The fraction of sp³-hybridized carbons (Fsp3) is 0.846. The average Bonchev–Trinajstić information content (AvgIpc) is 2.79. The van der Waals surface area contributed by atoms with Crippen LogP contribution in [0.2, 0.25) is 0 Å². The van der Waals surface area contributed by atoms with E-state index in [1.807, 2.05) is 0 Å². The van der Waals surface area contributed by atoms with Gasteiger partial charge in [0.1, 0.15) is 0 Å². The highest BCUT2D eigenvalue weighted by molar-refractivity contribution is 4.93. The molecule has 96 valence electrons. The minimum Gasteiger partial charge on any atom is -0.339 e. The first-order valence-corrected chi connectivity index (χ1v) is 6.87. The third-order valence-corrected chi connectivity index (χ3v) is 3.60. The zero-order chi connectivity index (χ0) is 12.1. The Morgan fingerprint density at radius 1 is 1.35 bits per heavy atom. The van der Waals surface area contributed by atoms with E-state index in [-0.39, 0.29) is 6.04 Å². The van der Waals surface area contributed by atoms with Gasteiger partial charge in [0.15, 0.2) is 5.82 Å². The van der Waals surface area contributed by atoms with Crippen LogP contribution in [0.1, 0.15) is 69.6 Å². The van der Waals surface area contributed by atoms with Crippen molar-refractivity contribution in [2.24, 2.45) is 11.7 Å². The molecule has 1 fully saturated rings. The van der Waals surface area contributed by atoms with Gasteiger partial charge in [-0.2, -0.15) is 4.98 Å². The summed E-state index contributed by atoms with van der Waals surface area (Å²) in [6, 6.07) is -0.0659. The van der Waals surface area contributed by atoms with E-state index in [4.69, 9.17) is 10.3 Å². The zero-order valence-electron chi connectivity index (χ0n) is 10.7.